The van der Waals surface area contributed by atoms with E-state index in [9.17, 15) is 25.2 Å². The summed E-state index contributed by atoms with van der Waals surface area (Å²) >= 11 is 0. The van der Waals surface area contributed by atoms with Crippen LogP contribution in [0.25, 0.3) is 0 Å². The number of allylic oxidation sites excluding steroid dienone is 1. The molecule has 0 aliphatic heterocycles. The molecule has 0 amide bonds. The Morgan fingerprint density at radius 3 is 2.29 bits per heavy atom. The molecule has 0 spiro atoms. The summed E-state index contributed by atoms with van der Waals surface area (Å²) in [6.07, 6.45) is 9.32. The minimum atomic E-state index is -1.04. The predicted octanol–water partition coefficient (Wildman–Crippen LogP) is 5.18. The number of carbonyl (C=O) groups is 1. The first-order valence-electron chi connectivity index (χ1n) is 14.1. The molecule has 5 aliphatic rings. The Hall–Kier alpha value is -0.910. The van der Waals surface area contributed by atoms with E-state index in [1.54, 1.807) is 0 Å². The minimum absolute atomic E-state index is 0.0115. The van der Waals surface area contributed by atoms with E-state index in [0.29, 0.717) is 18.8 Å². The molecule has 0 aromatic rings. The second-order valence-electron chi connectivity index (χ2n) is 14.6. The minimum Gasteiger partial charge on any atom is -0.481 e. The van der Waals surface area contributed by atoms with Gasteiger partial charge in [0.15, 0.2) is 0 Å². The van der Waals surface area contributed by atoms with Gasteiger partial charge in [0.05, 0.1) is 23.7 Å². The van der Waals surface area contributed by atoms with Gasteiger partial charge in [0.1, 0.15) is 0 Å². The van der Waals surface area contributed by atoms with Gasteiger partial charge in [-0.15, -0.1) is 0 Å². The highest BCUT2D eigenvalue weighted by Crippen LogP contribution is 2.76. The molecule has 5 heteroatoms. The lowest BCUT2D eigenvalue weighted by Crippen LogP contribution is -2.68. The molecule has 0 saturated heterocycles. The molecule has 5 nitrogen and oxygen atoms in total. The molecule has 4 N–H and O–H groups in total. The van der Waals surface area contributed by atoms with E-state index in [1.807, 2.05) is 6.92 Å². The van der Waals surface area contributed by atoms with Crippen molar-refractivity contribution in [1.82, 2.24) is 0 Å². The molecule has 4 saturated carbocycles. The smallest absolute Gasteiger partial charge is 0.310 e. The maximum Gasteiger partial charge on any atom is 0.310 e. The third-order valence-electron chi connectivity index (χ3n) is 13.6. The quantitative estimate of drug-likeness (QED) is 0.402. The lowest BCUT2D eigenvalue weighted by molar-refractivity contribution is -0.225. The molecule has 0 heterocycles. The summed E-state index contributed by atoms with van der Waals surface area (Å²) in [5.41, 5.74) is -1.35. The average Bonchev–Trinajstić information content (AvgIpc) is 2.79. The zero-order valence-electron chi connectivity index (χ0n) is 22.7. The maximum atomic E-state index is 12.8. The molecular formula is C30H48O5. The first-order valence-corrected chi connectivity index (χ1v) is 14.1. The normalized spacial score (nSPS) is 57.7. The molecule has 198 valence electrons. The summed E-state index contributed by atoms with van der Waals surface area (Å²) < 4.78 is 0. The van der Waals surface area contributed by atoms with Gasteiger partial charge in [-0.25, -0.2) is 0 Å². The van der Waals surface area contributed by atoms with Crippen LogP contribution in [0.2, 0.25) is 0 Å². The number of fused-ring (bicyclic) bond motifs is 7. The first kappa shape index (κ1) is 25.7. The number of carboxylic acid groups (broad SMARTS) is 1. The van der Waals surface area contributed by atoms with Gasteiger partial charge in [0.2, 0.25) is 0 Å². The van der Waals surface area contributed by atoms with Crippen LogP contribution in [0.1, 0.15) is 99.3 Å². The summed E-state index contributed by atoms with van der Waals surface area (Å²) in [5.74, 6) is -0.356. The predicted molar refractivity (Wildman–Crippen MR) is 135 cm³/mol. The van der Waals surface area contributed by atoms with Crippen molar-refractivity contribution in [3.63, 3.8) is 0 Å². The van der Waals surface area contributed by atoms with E-state index in [4.69, 9.17) is 0 Å². The second-order valence-corrected chi connectivity index (χ2v) is 14.6. The van der Waals surface area contributed by atoms with Crippen LogP contribution >= 0.6 is 0 Å². The van der Waals surface area contributed by atoms with Crippen molar-refractivity contribution in [2.45, 2.75) is 111 Å². The molecule has 0 bridgehead atoms. The van der Waals surface area contributed by atoms with E-state index < -0.39 is 28.5 Å². The highest BCUT2D eigenvalue weighted by Gasteiger charge is 2.71. The lowest BCUT2D eigenvalue weighted by atomic mass is 9.33. The lowest BCUT2D eigenvalue weighted by Gasteiger charge is -2.71. The summed E-state index contributed by atoms with van der Waals surface area (Å²) in [4.78, 5) is 12.8. The summed E-state index contributed by atoms with van der Waals surface area (Å²) in [7, 11) is 0. The van der Waals surface area contributed by atoms with Gasteiger partial charge < -0.3 is 20.4 Å². The zero-order valence-corrected chi connectivity index (χ0v) is 22.7. The van der Waals surface area contributed by atoms with Crippen molar-refractivity contribution in [1.29, 1.82) is 0 Å². The van der Waals surface area contributed by atoms with Crippen LogP contribution in [-0.2, 0) is 4.79 Å². The molecule has 11 atom stereocenters. The molecule has 7 unspecified atom stereocenters. The van der Waals surface area contributed by atoms with Crippen LogP contribution in [0.5, 0.6) is 0 Å². The van der Waals surface area contributed by atoms with Crippen LogP contribution in [0.4, 0.5) is 0 Å². The Morgan fingerprint density at radius 1 is 0.971 bits per heavy atom. The fourth-order valence-electron chi connectivity index (χ4n) is 10.9. The van der Waals surface area contributed by atoms with Gasteiger partial charge in [0.25, 0.3) is 0 Å². The number of carboxylic acids is 1. The third-order valence-corrected chi connectivity index (χ3v) is 13.6. The van der Waals surface area contributed by atoms with Gasteiger partial charge in [0, 0.05) is 11.3 Å². The largest absolute Gasteiger partial charge is 0.481 e. The average molecular weight is 489 g/mol. The van der Waals surface area contributed by atoms with Crippen LogP contribution in [0.3, 0.4) is 0 Å². The van der Waals surface area contributed by atoms with Crippen molar-refractivity contribution < 1.29 is 25.2 Å². The number of aliphatic carboxylic acids is 1. The Bertz CT molecular complexity index is 941. The van der Waals surface area contributed by atoms with Gasteiger partial charge in [-0.2, -0.15) is 0 Å². The molecule has 5 aliphatic carbocycles. The SMILES string of the molecule is C[C@@H]1CCC2(C(=O)O)CC[C@]3(C)C(=CCC4C5(C)CCC(O)[C@@](C)(CO)C5CCC43C)C2[C@]1(C)O. The van der Waals surface area contributed by atoms with Crippen LogP contribution < -0.4 is 0 Å². The van der Waals surface area contributed by atoms with Crippen LogP contribution in [0.15, 0.2) is 11.6 Å². The van der Waals surface area contributed by atoms with Crippen LogP contribution in [0, 0.1) is 50.7 Å². The van der Waals surface area contributed by atoms with Gasteiger partial charge in [-0.1, -0.05) is 46.3 Å². The van der Waals surface area contributed by atoms with E-state index in [2.05, 4.69) is 40.7 Å². The molecule has 4 fully saturated rings. The Balaban J connectivity index is 1.64. The standard InChI is InChI=1S/C30H48O5/c1-18-9-14-30(24(33)34)16-15-27(4)19(23(30)29(18,6)35)7-8-21-25(2)12-11-22(32)26(3,17-31)20(25)10-13-28(21,27)5/h7,18,20-23,31-32,35H,8-17H2,1-6H3,(H,33,34)/t18-,20?,21?,22?,23?,25?,26+,27-,28?,29-,30?/m1/s1. The molecule has 35 heavy (non-hydrogen) atoms. The monoisotopic (exact) mass is 488 g/mol. The maximum absolute atomic E-state index is 12.8. The van der Waals surface area contributed by atoms with Crippen molar-refractivity contribution in [2.75, 3.05) is 6.61 Å². The van der Waals surface area contributed by atoms with Crippen molar-refractivity contribution in [3.8, 4) is 0 Å². The molecule has 5 rings (SSSR count). The number of rotatable bonds is 2. The Kier molecular flexibility index (Phi) is 5.56. The van der Waals surface area contributed by atoms with Gasteiger partial charge in [-0.05, 0) is 98.7 Å². The van der Waals surface area contributed by atoms with E-state index in [1.165, 1.54) is 5.57 Å². The first-order chi connectivity index (χ1) is 16.1. The van der Waals surface area contributed by atoms with Crippen molar-refractivity contribution in [2.24, 2.45) is 50.7 Å². The van der Waals surface area contributed by atoms with Crippen molar-refractivity contribution >= 4 is 5.97 Å². The van der Waals surface area contributed by atoms with E-state index in [0.717, 1.165) is 44.9 Å². The second kappa shape index (κ2) is 7.57. The van der Waals surface area contributed by atoms with E-state index >= 15 is 0 Å². The Labute approximate surface area is 211 Å². The topological polar surface area (TPSA) is 98.0 Å². The Morgan fingerprint density at radius 2 is 1.66 bits per heavy atom. The fraction of sp³-hybridized carbons (Fsp3) is 0.900. The zero-order chi connectivity index (χ0) is 25.8. The van der Waals surface area contributed by atoms with Gasteiger partial charge in [-0.3, -0.25) is 4.79 Å². The molecule has 0 aromatic heterocycles. The van der Waals surface area contributed by atoms with Crippen molar-refractivity contribution in [3.05, 3.63) is 11.6 Å². The number of hydrogen-bond acceptors (Lipinski definition) is 4. The van der Waals surface area contributed by atoms with Gasteiger partial charge >= 0.3 is 5.97 Å². The summed E-state index contributed by atoms with van der Waals surface area (Å²) in [5, 5.41) is 43.8. The summed E-state index contributed by atoms with van der Waals surface area (Å²) in [6.45, 7) is 13.3. The third kappa shape index (κ3) is 2.90. The molecule has 0 radical (unpaired) electrons. The van der Waals surface area contributed by atoms with E-state index in [-0.39, 0.29) is 40.6 Å². The number of hydrogen-bond donors (Lipinski definition) is 4. The molecule has 0 aromatic carbocycles. The fourth-order valence-corrected chi connectivity index (χ4v) is 10.9. The van der Waals surface area contributed by atoms with Crippen LogP contribution in [-0.4, -0.2) is 44.7 Å². The highest BCUT2D eigenvalue weighted by atomic mass is 16.4. The number of aliphatic hydroxyl groups excluding tert-OH is 2. The molecular weight excluding hydrogens is 440 g/mol. The summed E-state index contributed by atoms with van der Waals surface area (Å²) in [6, 6.07) is 0. The highest BCUT2D eigenvalue weighted by molar-refractivity contribution is 5.77. The number of aliphatic hydroxyl groups is 3.